The molecule has 2 aromatic rings. The first-order valence-electron chi connectivity index (χ1n) is 9.20. The molecule has 1 aliphatic carbocycles. The lowest BCUT2D eigenvalue weighted by Gasteiger charge is -2.19. The molecule has 1 saturated carbocycles. The Kier molecular flexibility index (Phi) is 8.41. The van der Waals surface area contributed by atoms with Gasteiger partial charge in [-0.25, -0.2) is 17.5 Å². The molecule has 158 valence electrons. The molecule has 1 aliphatic rings. The zero-order chi connectivity index (χ0) is 20.0. The van der Waals surface area contributed by atoms with Crippen LogP contribution >= 0.6 is 24.0 Å². The summed E-state index contributed by atoms with van der Waals surface area (Å²) in [6, 6.07) is 15.0. The largest absolute Gasteiger partial charge is 0.356 e. The second-order valence-corrected chi connectivity index (χ2v) is 8.62. The van der Waals surface area contributed by atoms with Gasteiger partial charge in [0, 0.05) is 32.1 Å². The fraction of sp³-hybridized carbons (Fsp3) is 0.350. The number of hydrogen-bond acceptors (Lipinski definition) is 3. The van der Waals surface area contributed by atoms with Gasteiger partial charge in [0.2, 0.25) is 10.0 Å². The highest BCUT2D eigenvalue weighted by Gasteiger charge is 2.44. The number of aliphatic imine (C=N–C) groups is 1. The van der Waals surface area contributed by atoms with Crippen molar-refractivity contribution in [1.29, 1.82) is 0 Å². The van der Waals surface area contributed by atoms with Crippen LogP contribution in [0, 0.1) is 5.82 Å². The number of benzene rings is 2. The first kappa shape index (κ1) is 23.6. The van der Waals surface area contributed by atoms with Crippen LogP contribution in [0.15, 0.2) is 64.5 Å². The van der Waals surface area contributed by atoms with E-state index in [-0.39, 0.29) is 46.6 Å². The number of halogens is 2. The van der Waals surface area contributed by atoms with Gasteiger partial charge in [-0.2, -0.15) is 0 Å². The molecule has 6 nitrogen and oxygen atoms in total. The van der Waals surface area contributed by atoms with Crippen molar-refractivity contribution in [3.8, 4) is 0 Å². The van der Waals surface area contributed by atoms with Crippen LogP contribution in [-0.4, -0.2) is 41.1 Å². The summed E-state index contributed by atoms with van der Waals surface area (Å²) in [5, 5.41) is 6.35. The highest BCUT2D eigenvalue weighted by Crippen LogP contribution is 2.47. The van der Waals surface area contributed by atoms with Crippen molar-refractivity contribution in [2.45, 2.75) is 23.2 Å². The van der Waals surface area contributed by atoms with E-state index in [4.69, 9.17) is 0 Å². The van der Waals surface area contributed by atoms with E-state index in [1.807, 2.05) is 6.07 Å². The average Bonchev–Trinajstić information content (AvgIpc) is 3.49. The maximum Gasteiger partial charge on any atom is 0.240 e. The Morgan fingerprint density at radius 3 is 2.41 bits per heavy atom. The van der Waals surface area contributed by atoms with Crippen LogP contribution in [0.3, 0.4) is 0 Å². The Morgan fingerprint density at radius 2 is 1.79 bits per heavy atom. The lowest BCUT2D eigenvalue weighted by Crippen LogP contribution is -2.44. The van der Waals surface area contributed by atoms with Gasteiger partial charge in [-0.15, -0.1) is 24.0 Å². The van der Waals surface area contributed by atoms with Gasteiger partial charge in [0.05, 0.1) is 4.90 Å². The normalized spacial score (nSPS) is 15.3. The maximum atomic E-state index is 13.5. The molecule has 2 aromatic carbocycles. The first-order chi connectivity index (χ1) is 13.5. The summed E-state index contributed by atoms with van der Waals surface area (Å²) >= 11 is 0. The third-order valence-electron chi connectivity index (χ3n) is 4.87. The molecule has 0 bridgehead atoms. The summed E-state index contributed by atoms with van der Waals surface area (Å²) in [5.41, 5.74) is 0.931. The Hall–Kier alpha value is -1.72. The number of nitrogens with one attached hydrogen (secondary N) is 3. The minimum absolute atomic E-state index is 0. The molecule has 0 aliphatic heterocycles. The van der Waals surface area contributed by atoms with Gasteiger partial charge in [0.1, 0.15) is 5.82 Å². The van der Waals surface area contributed by atoms with Crippen LogP contribution in [-0.2, 0) is 15.4 Å². The highest BCUT2D eigenvalue weighted by atomic mass is 127. The van der Waals surface area contributed by atoms with Crippen molar-refractivity contribution in [2.24, 2.45) is 4.99 Å². The Balaban J connectivity index is 0.00000300. The summed E-state index contributed by atoms with van der Waals surface area (Å²) in [6.45, 7) is 1.26. The monoisotopic (exact) mass is 532 g/mol. The van der Waals surface area contributed by atoms with Crippen molar-refractivity contribution in [3.05, 3.63) is 66.0 Å². The van der Waals surface area contributed by atoms with E-state index in [2.05, 4.69) is 20.3 Å². The SMILES string of the molecule is CN=C(NCCNS(=O)(=O)c1ccccc1)NCC1(c2cccc(F)c2)CC1.I. The van der Waals surface area contributed by atoms with E-state index in [1.165, 1.54) is 6.07 Å². The quantitative estimate of drug-likeness (QED) is 0.211. The minimum atomic E-state index is -3.52. The second kappa shape index (κ2) is 10.4. The average molecular weight is 532 g/mol. The molecule has 0 saturated heterocycles. The molecule has 9 heteroatoms. The highest BCUT2D eigenvalue weighted by molar-refractivity contribution is 14.0. The summed E-state index contributed by atoms with van der Waals surface area (Å²) in [6.07, 6.45) is 1.99. The van der Waals surface area contributed by atoms with Crippen molar-refractivity contribution in [1.82, 2.24) is 15.4 Å². The lowest BCUT2D eigenvalue weighted by atomic mass is 9.96. The van der Waals surface area contributed by atoms with Gasteiger partial charge in [-0.3, -0.25) is 4.99 Å². The molecule has 29 heavy (non-hydrogen) atoms. The first-order valence-corrected chi connectivity index (χ1v) is 10.7. The van der Waals surface area contributed by atoms with Crippen LogP contribution in [0.25, 0.3) is 0 Å². The van der Waals surface area contributed by atoms with Gasteiger partial charge in [-0.1, -0.05) is 30.3 Å². The second-order valence-electron chi connectivity index (χ2n) is 6.85. The fourth-order valence-corrected chi connectivity index (χ4v) is 4.11. The molecule has 3 rings (SSSR count). The Labute approximate surface area is 188 Å². The minimum Gasteiger partial charge on any atom is -0.356 e. The molecule has 0 aromatic heterocycles. The van der Waals surface area contributed by atoms with Crippen molar-refractivity contribution >= 4 is 40.0 Å². The Morgan fingerprint density at radius 1 is 1.07 bits per heavy atom. The van der Waals surface area contributed by atoms with Crippen molar-refractivity contribution in [3.63, 3.8) is 0 Å². The smallest absolute Gasteiger partial charge is 0.240 e. The predicted octanol–water partition coefficient (Wildman–Crippen LogP) is 2.62. The van der Waals surface area contributed by atoms with Crippen LogP contribution in [0.5, 0.6) is 0 Å². The van der Waals surface area contributed by atoms with Gasteiger partial charge < -0.3 is 10.6 Å². The number of rotatable bonds is 8. The lowest BCUT2D eigenvalue weighted by molar-refractivity contribution is 0.580. The van der Waals surface area contributed by atoms with E-state index in [0.29, 0.717) is 19.0 Å². The van der Waals surface area contributed by atoms with E-state index < -0.39 is 10.0 Å². The van der Waals surface area contributed by atoms with E-state index >= 15 is 0 Å². The molecule has 0 amide bonds. The van der Waals surface area contributed by atoms with E-state index in [0.717, 1.165) is 18.4 Å². The van der Waals surface area contributed by atoms with Crippen molar-refractivity contribution < 1.29 is 12.8 Å². The third kappa shape index (κ3) is 6.38. The summed E-state index contributed by atoms with van der Waals surface area (Å²) < 4.78 is 40.4. The van der Waals surface area contributed by atoms with Gasteiger partial charge in [-0.05, 0) is 42.7 Å². The van der Waals surface area contributed by atoms with Crippen LogP contribution < -0.4 is 15.4 Å². The molecule has 3 N–H and O–H groups in total. The zero-order valence-electron chi connectivity index (χ0n) is 16.2. The molecule has 0 unspecified atom stereocenters. The number of guanidine groups is 1. The zero-order valence-corrected chi connectivity index (χ0v) is 19.3. The Bertz CT molecular complexity index is 935. The fourth-order valence-electron chi connectivity index (χ4n) is 3.06. The van der Waals surface area contributed by atoms with Crippen molar-refractivity contribution in [2.75, 3.05) is 26.7 Å². The molecule has 0 atom stereocenters. The van der Waals surface area contributed by atoms with Gasteiger partial charge >= 0.3 is 0 Å². The summed E-state index contributed by atoms with van der Waals surface area (Å²) in [7, 11) is -1.86. The molecule has 0 spiro atoms. The van der Waals surface area contributed by atoms with Crippen LogP contribution in [0.1, 0.15) is 18.4 Å². The van der Waals surface area contributed by atoms with Crippen LogP contribution in [0.2, 0.25) is 0 Å². The number of nitrogens with zero attached hydrogens (tertiary/aromatic N) is 1. The molecular weight excluding hydrogens is 506 g/mol. The number of hydrogen-bond donors (Lipinski definition) is 3. The van der Waals surface area contributed by atoms with Gasteiger partial charge in [0.15, 0.2) is 5.96 Å². The summed E-state index contributed by atoms with van der Waals surface area (Å²) in [4.78, 5) is 4.40. The topological polar surface area (TPSA) is 82.6 Å². The van der Waals surface area contributed by atoms with Gasteiger partial charge in [0.25, 0.3) is 0 Å². The molecular formula is C20H26FIN4O2S. The maximum absolute atomic E-state index is 13.5. The van der Waals surface area contributed by atoms with Crippen LogP contribution in [0.4, 0.5) is 4.39 Å². The molecule has 0 heterocycles. The summed E-state index contributed by atoms with van der Waals surface area (Å²) in [5.74, 6) is 0.360. The third-order valence-corrected chi connectivity index (χ3v) is 6.35. The standard InChI is InChI=1S/C20H25FN4O2S.HI/c1-22-19(23-12-13-25-28(26,27)18-8-3-2-4-9-18)24-15-20(10-11-20)16-6-5-7-17(21)14-16;/h2-9,14,25H,10-13,15H2,1H3,(H2,22,23,24);1H. The molecule has 0 radical (unpaired) electrons. The predicted molar refractivity (Wildman–Crippen MR) is 124 cm³/mol. The van der Waals surface area contributed by atoms with E-state index in [1.54, 1.807) is 49.5 Å². The number of sulfonamides is 1. The molecule has 1 fully saturated rings. The van der Waals surface area contributed by atoms with E-state index in [9.17, 15) is 12.8 Å².